The highest BCUT2D eigenvalue weighted by atomic mass is 16.5. The fourth-order valence-corrected chi connectivity index (χ4v) is 1.50. The van der Waals surface area contributed by atoms with Crippen molar-refractivity contribution < 1.29 is 14.3 Å². The van der Waals surface area contributed by atoms with Gasteiger partial charge in [0.05, 0.1) is 19.8 Å². The van der Waals surface area contributed by atoms with Gasteiger partial charge >= 0.3 is 0 Å². The summed E-state index contributed by atoms with van der Waals surface area (Å²) in [7, 11) is 0. The summed E-state index contributed by atoms with van der Waals surface area (Å²) < 4.78 is 5.10. The Bertz CT molecular complexity index is 205. The molecule has 0 aliphatic carbocycles. The number of carbonyl (C=O) groups is 2. The van der Waals surface area contributed by atoms with E-state index in [-0.39, 0.29) is 24.4 Å². The quantitative estimate of drug-likeness (QED) is 0.473. The summed E-state index contributed by atoms with van der Waals surface area (Å²) in [4.78, 5) is 24.0. The van der Waals surface area contributed by atoms with Crippen molar-refractivity contribution in [1.29, 1.82) is 0 Å². The second kappa shape index (κ2) is 2.75. The van der Waals surface area contributed by atoms with Crippen LogP contribution in [0, 0.1) is 0 Å². The molecule has 1 N–H and O–H groups in total. The third-order valence-corrected chi connectivity index (χ3v) is 2.17. The maximum Gasteiger partial charge on any atom is 0.245 e. The molecule has 0 saturated carbocycles. The molecular weight excluding hydrogens is 160 g/mol. The molecule has 0 bridgehead atoms. The molecule has 2 heterocycles. The highest BCUT2D eigenvalue weighted by Crippen LogP contribution is 2.10. The maximum atomic E-state index is 11.2. The van der Waals surface area contributed by atoms with E-state index in [2.05, 4.69) is 5.32 Å². The Morgan fingerprint density at radius 3 is 3.08 bits per heavy atom. The molecule has 2 aliphatic rings. The summed E-state index contributed by atoms with van der Waals surface area (Å²) >= 11 is 0. The van der Waals surface area contributed by atoms with Crippen LogP contribution in [-0.4, -0.2) is 49.1 Å². The topological polar surface area (TPSA) is 58.6 Å². The molecule has 0 spiro atoms. The largest absolute Gasteiger partial charge is 0.377 e. The van der Waals surface area contributed by atoms with E-state index in [4.69, 9.17) is 4.74 Å². The summed E-state index contributed by atoms with van der Waals surface area (Å²) in [5.74, 6) is -0.114. The molecular formula is C7H10N2O3. The van der Waals surface area contributed by atoms with E-state index < -0.39 is 0 Å². The lowest BCUT2D eigenvalue weighted by Crippen LogP contribution is -2.62. The minimum atomic E-state index is -0.389. The SMILES string of the molecule is O=C1NCC(=O)N2CCOCC12. The number of fused-ring (bicyclic) bond motifs is 1. The van der Waals surface area contributed by atoms with Gasteiger partial charge in [0, 0.05) is 6.54 Å². The van der Waals surface area contributed by atoms with Crippen LogP contribution in [0.2, 0.25) is 0 Å². The number of morpholine rings is 1. The van der Waals surface area contributed by atoms with Crippen molar-refractivity contribution in [3.63, 3.8) is 0 Å². The van der Waals surface area contributed by atoms with Crippen LogP contribution in [-0.2, 0) is 14.3 Å². The third kappa shape index (κ3) is 1.06. The highest BCUT2D eigenvalue weighted by molar-refractivity contribution is 5.95. The fourth-order valence-electron chi connectivity index (χ4n) is 1.50. The Labute approximate surface area is 69.7 Å². The summed E-state index contributed by atoms with van der Waals surface area (Å²) in [5, 5.41) is 2.52. The predicted octanol–water partition coefficient (Wildman–Crippen LogP) is -1.66. The molecule has 12 heavy (non-hydrogen) atoms. The molecule has 66 valence electrons. The second-order valence-corrected chi connectivity index (χ2v) is 2.90. The van der Waals surface area contributed by atoms with Gasteiger partial charge in [-0.1, -0.05) is 0 Å². The lowest BCUT2D eigenvalue weighted by Gasteiger charge is -2.37. The molecule has 2 fully saturated rings. The zero-order valence-corrected chi connectivity index (χ0v) is 6.58. The molecule has 5 heteroatoms. The summed E-state index contributed by atoms with van der Waals surface area (Å²) in [6, 6.07) is -0.389. The van der Waals surface area contributed by atoms with Crippen LogP contribution in [0.5, 0.6) is 0 Å². The van der Waals surface area contributed by atoms with Gasteiger partial charge in [-0.05, 0) is 0 Å². The first-order valence-corrected chi connectivity index (χ1v) is 3.94. The predicted molar refractivity (Wildman–Crippen MR) is 39.3 cm³/mol. The highest BCUT2D eigenvalue weighted by Gasteiger charge is 2.36. The van der Waals surface area contributed by atoms with E-state index in [1.54, 1.807) is 4.90 Å². The number of piperazine rings is 1. The maximum absolute atomic E-state index is 11.2. The summed E-state index contributed by atoms with van der Waals surface area (Å²) in [6.07, 6.45) is 0. The van der Waals surface area contributed by atoms with Gasteiger partial charge in [0.1, 0.15) is 6.04 Å². The standard InChI is InChI=1S/C7H10N2O3/c10-6-3-8-7(11)5-4-12-2-1-9(5)6/h5H,1-4H2,(H,8,11). The number of hydrogen-bond acceptors (Lipinski definition) is 3. The summed E-state index contributed by atoms with van der Waals surface area (Å²) in [6.45, 7) is 1.54. The molecule has 2 rings (SSSR count). The van der Waals surface area contributed by atoms with Crippen LogP contribution in [0.4, 0.5) is 0 Å². The van der Waals surface area contributed by atoms with E-state index in [0.717, 1.165) is 0 Å². The third-order valence-electron chi connectivity index (χ3n) is 2.17. The van der Waals surface area contributed by atoms with Crippen LogP contribution in [0.1, 0.15) is 0 Å². The number of nitrogens with zero attached hydrogens (tertiary/aromatic N) is 1. The fraction of sp³-hybridized carbons (Fsp3) is 0.714. The number of ether oxygens (including phenoxy) is 1. The van der Waals surface area contributed by atoms with E-state index in [1.165, 1.54) is 0 Å². The molecule has 1 atom stereocenters. The van der Waals surface area contributed by atoms with Gasteiger partial charge in [0.25, 0.3) is 0 Å². The van der Waals surface area contributed by atoms with Crippen LogP contribution < -0.4 is 5.32 Å². The van der Waals surface area contributed by atoms with E-state index in [1.807, 2.05) is 0 Å². The molecule has 2 amide bonds. The number of amides is 2. The van der Waals surface area contributed by atoms with Crippen molar-refractivity contribution in [3.8, 4) is 0 Å². The first-order valence-electron chi connectivity index (χ1n) is 3.94. The first-order chi connectivity index (χ1) is 5.79. The normalized spacial score (nSPS) is 29.7. The lowest BCUT2D eigenvalue weighted by atomic mass is 10.1. The number of nitrogens with one attached hydrogen (secondary N) is 1. The van der Waals surface area contributed by atoms with Crippen molar-refractivity contribution in [2.45, 2.75) is 6.04 Å². The Kier molecular flexibility index (Phi) is 1.73. The lowest BCUT2D eigenvalue weighted by molar-refractivity contribution is -0.153. The molecule has 1 unspecified atom stereocenters. The van der Waals surface area contributed by atoms with Crippen molar-refractivity contribution in [2.75, 3.05) is 26.3 Å². The zero-order chi connectivity index (χ0) is 8.55. The molecule has 0 aromatic rings. The average Bonchev–Trinajstić information content (AvgIpc) is 2.12. The first kappa shape index (κ1) is 7.54. The van der Waals surface area contributed by atoms with Crippen LogP contribution in [0.3, 0.4) is 0 Å². The number of hydrogen-bond donors (Lipinski definition) is 1. The number of carbonyl (C=O) groups excluding carboxylic acids is 2. The molecule has 0 aromatic carbocycles. The van der Waals surface area contributed by atoms with Gasteiger partial charge in [0.2, 0.25) is 11.8 Å². The Morgan fingerprint density at radius 1 is 1.50 bits per heavy atom. The van der Waals surface area contributed by atoms with Gasteiger partial charge < -0.3 is 15.0 Å². The average molecular weight is 170 g/mol. The van der Waals surface area contributed by atoms with Gasteiger partial charge in [-0.25, -0.2) is 0 Å². The minimum Gasteiger partial charge on any atom is -0.377 e. The second-order valence-electron chi connectivity index (χ2n) is 2.90. The van der Waals surface area contributed by atoms with E-state index in [0.29, 0.717) is 19.8 Å². The van der Waals surface area contributed by atoms with Crippen LogP contribution in [0.25, 0.3) is 0 Å². The number of rotatable bonds is 0. The monoisotopic (exact) mass is 170 g/mol. The smallest absolute Gasteiger partial charge is 0.245 e. The van der Waals surface area contributed by atoms with Crippen molar-refractivity contribution >= 4 is 11.8 Å². The summed E-state index contributed by atoms with van der Waals surface area (Å²) in [5.41, 5.74) is 0. The van der Waals surface area contributed by atoms with Gasteiger partial charge in [0.15, 0.2) is 0 Å². The molecule has 2 saturated heterocycles. The van der Waals surface area contributed by atoms with Gasteiger partial charge in [-0.2, -0.15) is 0 Å². The molecule has 0 radical (unpaired) electrons. The zero-order valence-electron chi connectivity index (χ0n) is 6.58. The van der Waals surface area contributed by atoms with E-state index in [9.17, 15) is 9.59 Å². The Morgan fingerprint density at radius 2 is 2.33 bits per heavy atom. The molecule has 2 aliphatic heterocycles. The molecule has 5 nitrogen and oxygen atoms in total. The minimum absolute atomic E-state index is 0.0112. The Hall–Kier alpha value is -1.10. The van der Waals surface area contributed by atoms with Crippen molar-refractivity contribution in [2.24, 2.45) is 0 Å². The van der Waals surface area contributed by atoms with Crippen LogP contribution in [0.15, 0.2) is 0 Å². The van der Waals surface area contributed by atoms with Crippen LogP contribution >= 0.6 is 0 Å². The van der Waals surface area contributed by atoms with Gasteiger partial charge in [-0.3, -0.25) is 9.59 Å². The molecule has 0 aromatic heterocycles. The van der Waals surface area contributed by atoms with Crippen molar-refractivity contribution in [1.82, 2.24) is 10.2 Å². The Balaban J connectivity index is 2.16. The van der Waals surface area contributed by atoms with E-state index >= 15 is 0 Å². The van der Waals surface area contributed by atoms with Crippen molar-refractivity contribution in [3.05, 3.63) is 0 Å². The van der Waals surface area contributed by atoms with Gasteiger partial charge in [-0.15, -0.1) is 0 Å².